The third-order valence-electron chi connectivity index (χ3n) is 2.02. The Morgan fingerprint density at radius 3 is 2.17 bits per heavy atom. The Morgan fingerprint density at radius 1 is 1.22 bits per heavy atom. The van der Waals surface area contributed by atoms with Gasteiger partial charge in [0.25, 0.3) is 10.0 Å². The third kappa shape index (κ3) is 3.58. The first kappa shape index (κ1) is 15.2. The van der Waals surface area contributed by atoms with Gasteiger partial charge in [0.15, 0.2) is 0 Å². The number of hydrogen-bond donors (Lipinski definition) is 2. The van der Waals surface area contributed by atoms with Crippen LogP contribution in [0.3, 0.4) is 0 Å². The highest BCUT2D eigenvalue weighted by atomic mass is 35.5. The Kier molecular flexibility index (Phi) is 4.98. The van der Waals surface area contributed by atoms with Crippen LogP contribution in [0.25, 0.3) is 0 Å². The summed E-state index contributed by atoms with van der Waals surface area (Å²) in [7, 11) is -4.00. The number of hydrazine groups is 1. The molecule has 1 amide bonds. The van der Waals surface area contributed by atoms with E-state index in [0.717, 1.165) is 0 Å². The lowest BCUT2D eigenvalue weighted by Crippen LogP contribution is -2.43. The van der Waals surface area contributed by atoms with Gasteiger partial charge in [-0.3, -0.25) is 10.2 Å². The molecule has 0 aliphatic rings. The average Bonchev–Trinajstić information content (AvgIpc) is 2.25. The van der Waals surface area contributed by atoms with Gasteiger partial charge in [-0.05, 0) is 12.1 Å². The van der Waals surface area contributed by atoms with Crippen LogP contribution in [0, 0.1) is 5.92 Å². The van der Waals surface area contributed by atoms with Gasteiger partial charge >= 0.3 is 0 Å². The standard InChI is InChI=1S/C10H12Cl2N2O3S/c1-6(2)10(15)13-14-18(16,17)9-7(11)4-3-5-8(9)12/h3-6,14H,1-2H3,(H,13,15). The van der Waals surface area contributed by atoms with Crippen LogP contribution >= 0.6 is 23.2 Å². The third-order valence-corrected chi connectivity index (χ3v) is 4.22. The quantitative estimate of drug-likeness (QED) is 0.835. The minimum atomic E-state index is -4.00. The van der Waals surface area contributed by atoms with Crippen LogP contribution in [0.4, 0.5) is 0 Å². The summed E-state index contributed by atoms with van der Waals surface area (Å²) in [6.07, 6.45) is 0. The maximum Gasteiger partial charge on any atom is 0.260 e. The molecule has 0 unspecified atom stereocenters. The Hall–Kier alpha value is -0.820. The predicted molar refractivity (Wildman–Crippen MR) is 69.8 cm³/mol. The fraction of sp³-hybridized carbons (Fsp3) is 0.300. The molecule has 0 bridgehead atoms. The van der Waals surface area contributed by atoms with Crippen molar-refractivity contribution in [1.82, 2.24) is 10.3 Å². The maximum absolute atomic E-state index is 11.9. The number of hydrogen-bond acceptors (Lipinski definition) is 3. The molecule has 0 saturated heterocycles. The molecule has 0 saturated carbocycles. The molecule has 0 atom stereocenters. The molecule has 0 spiro atoms. The van der Waals surface area contributed by atoms with Gasteiger partial charge in [-0.15, -0.1) is 4.83 Å². The van der Waals surface area contributed by atoms with Crippen molar-refractivity contribution in [2.24, 2.45) is 5.92 Å². The lowest BCUT2D eigenvalue weighted by Gasteiger charge is -2.11. The molecular weight excluding hydrogens is 299 g/mol. The molecule has 0 heterocycles. The minimum Gasteiger partial charge on any atom is -0.277 e. The highest BCUT2D eigenvalue weighted by molar-refractivity contribution is 7.89. The van der Waals surface area contributed by atoms with Crippen molar-refractivity contribution in [3.05, 3.63) is 28.2 Å². The van der Waals surface area contributed by atoms with Crippen molar-refractivity contribution >= 4 is 39.1 Å². The van der Waals surface area contributed by atoms with Gasteiger partial charge in [0.05, 0.1) is 10.0 Å². The summed E-state index contributed by atoms with van der Waals surface area (Å²) in [5, 5.41) is -0.0393. The van der Waals surface area contributed by atoms with Crippen LogP contribution in [0.5, 0.6) is 0 Å². The van der Waals surface area contributed by atoms with Crippen LogP contribution in [-0.4, -0.2) is 14.3 Å². The van der Waals surface area contributed by atoms with Gasteiger partial charge in [0.2, 0.25) is 5.91 Å². The molecule has 0 aromatic heterocycles. The average molecular weight is 311 g/mol. The summed E-state index contributed by atoms with van der Waals surface area (Å²) in [6, 6.07) is 4.31. The van der Waals surface area contributed by atoms with E-state index in [1.165, 1.54) is 18.2 Å². The number of sulfonamides is 1. The molecule has 1 rings (SSSR count). The molecule has 8 heteroatoms. The summed E-state index contributed by atoms with van der Waals surface area (Å²) >= 11 is 11.6. The van der Waals surface area contributed by atoms with E-state index in [9.17, 15) is 13.2 Å². The normalized spacial score (nSPS) is 11.6. The number of halogens is 2. The molecule has 1 aromatic carbocycles. The fourth-order valence-electron chi connectivity index (χ4n) is 1.05. The Balaban J connectivity index is 2.98. The largest absolute Gasteiger partial charge is 0.277 e. The summed E-state index contributed by atoms with van der Waals surface area (Å²) in [6.45, 7) is 3.26. The van der Waals surface area contributed by atoms with Crippen molar-refractivity contribution < 1.29 is 13.2 Å². The van der Waals surface area contributed by atoms with Gasteiger partial charge in [0.1, 0.15) is 4.90 Å². The molecule has 0 fully saturated rings. The molecular formula is C10H12Cl2N2O3S. The second-order valence-corrected chi connectivity index (χ2v) is 6.23. The highest BCUT2D eigenvalue weighted by Crippen LogP contribution is 2.28. The van der Waals surface area contributed by atoms with E-state index in [4.69, 9.17) is 23.2 Å². The molecule has 1 aromatic rings. The second-order valence-electron chi connectivity index (χ2n) is 3.80. The van der Waals surface area contributed by atoms with Crippen molar-refractivity contribution in [2.75, 3.05) is 0 Å². The Labute approximate surface area is 115 Å². The number of benzene rings is 1. The summed E-state index contributed by atoms with van der Waals surface area (Å²) in [4.78, 5) is 13.0. The van der Waals surface area contributed by atoms with E-state index in [0.29, 0.717) is 0 Å². The topological polar surface area (TPSA) is 75.3 Å². The van der Waals surface area contributed by atoms with Gasteiger partial charge < -0.3 is 0 Å². The lowest BCUT2D eigenvalue weighted by atomic mass is 10.2. The van der Waals surface area contributed by atoms with Gasteiger partial charge in [0, 0.05) is 5.92 Å². The molecule has 100 valence electrons. The Bertz CT molecular complexity index is 538. The summed E-state index contributed by atoms with van der Waals surface area (Å²) < 4.78 is 23.8. The Morgan fingerprint density at radius 2 is 1.72 bits per heavy atom. The zero-order chi connectivity index (χ0) is 13.9. The van der Waals surface area contributed by atoms with Gasteiger partial charge in [-0.1, -0.05) is 43.1 Å². The van der Waals surface area contributed by atoms with E-state index in [2.05, 4.69) is 5.43 Å². The van der Waals surface area contributed by atoms with Crippen LogP contribution in [0.1, 0.15) is 13.8 Å². The number of rotatable bonds is 4. The first-order valence-corrected chi connectivity index (χ1v) is 7.25. The molecule has 2 N–H and O–H groups in total. The zero-order valence-electron chi connectivity index (χ0n) is 9.70. The first-order valence-electron chi connectivity index (χ1n) is 5.01. The minimum absolute atomic E-state index is 0.0196. The smallest absolute Gasteiger partial charge is 0.260 e. The lowest BCUT2D eigenvalue weighted by molar-refractivity contribution is -0.124. The maximum atomic E-state index is 11.9. The van der Waals surface area contributed by atoms with Crippen LogP contribution < -0.4 is 10.3 Å². The van der Waals surface area contributed by atoms with E-state index in [1.54, 1.807) is 13.8 Å². The molecule has 5 nitrogen and oxygen atoms in total. The van der Waals surface area contributed by atoms with Gasteiger partial charge in [-0.25, -0.2) is 8.42 Å². The van der Waals surface area contributed by atoms with Crippen LogP contribution in [-0.2, 0) is 14.8 Å². The van der Waals surface area contributed by atoms with Gasteiger partial charge in [-0.2, -0.15) is 0 Å². The zero-order valence-corrected chi connectivity index (χ0v) is 12.0. The number of carbonyl (C=O) groups excluding carboxylic acids is 1. The molecule has 18 heavy (non-hydrogen) atoms. The summed E-state index contributed by atoms with van der Waals surface area (Å²) in [5.41, 5.74) is 2.08. The molecule has 0 radical (unpaired) electrons. The van der Waals surface area contributed by atoms with Crippen LogP contribution in [0.2, 0.25) is 10.0 Å². The number of carbonyl (C=O) groups is 1. The monoisotopic (exact) mass is 310 g/mol. The first-order chi connectivity index (χ1) is 8.25. The summed E-state index contributed by atoms with van der Waals surface area (Å²) in [5.74, 6) is -0.809. The SMILES string of the molecule is CC(C)C(=O)NNS(=O)(=O)c1c(Cl)cccc1Cl. The number of amides is 1. The van der Waals surface area contributed by atoms with Crippen molar-refractivity contribution in [3.8, 4) is 0 Å². The highest BCUT2D eigenvalue weighted by Gasteiger charge is 2.22. The van der Waals surface area contributed by atoms with E-state index in [1.807, 2.05) is 4.83 Å². The number of nitrogens with one attached hydrogen (secondary N) is 2. The fourth-order valence-corrected chi connectivity index (χ4v) is 3.05. The molecule has 0 aliphatic heterocycles. The van der Waals surface area contributed by atoms with E-state index >= 15 is 0 Å². The van der Waals surface area contributed by atoms with E-state index < -0.39 is 15.9 Å². The second kappa shape index (κ2) is 5.88. The van der Waals surface area contributed by atoms with Crippen molar-refractivity contribution in [1.29, 1.82) is 0 Å². The van der Waals surface area contributed by atoms with Crippen molar-refractivity contribution in [2.45, 2.75) is 18.7 Å². The van der Waals surface area contributed by atoms with E-state index in [-0.39, 0.29) is 20.9 Å². The van der Waals surface area contributed by atoms with Crippen LogP contribution in [0.15, 0.2) is 23.1 Å². The predicted octanol–water partition coefficient (Wildman–Crippen LogP) is 1.96. The van der Waals surface area contributed by atoms with Crippen molar-refractivity contribution in [3.63, 3.8) is 0 Å². The molecule has 0 aliphatic carbocycles.